The zero-order valence-corrected chi connectivity index (χ0v) is 32.5. The quantitative estimate of drug-likeness (QED) is 0.133. The van der Waals surface area contributed by atoms with Crippen LogP contribution in [0.15, 0.2) is 76.5 Å². The Labute approximate surface area is 310 Å². The Kier molecular flexibility index (Phi) is 9.23. The minimum Gasteiger partial charge on any atom is -0.508 e. The number of aliphatic hydroxyl groups excluding tert-OH is 1. The van der Waals surface area contributed by atoms with Crippen LogP contribution in [0.2, 0.25) is 18.1 Å². The number of ether oxygens (including phenoxy) is 2. The molecular weight excluding hydrogens is 694 g/mol. The van der Waals surface area contributed by atoms with Crippen LogP contribution in [-0.2, 0) is 24.1 Å². The number of aromatic nitrogens is 2. The molecule has 0 aliphatic heterocycles. The zero-order valence-electron chi connectivity index (χ0n) is 31.5. The van der Waals surface area contributed by atoms with Gasteiger partial charge in [0.15, 0.2) is 31.2 Å². The highest BCUT2D eigenvalue weighted by Gasteiger charge is 2.67. The Hall–Kier alpha value is -4.65. The number of carbonyl (C=O) groups excluding carboxylic acids is 2. The van der Waals surface area contributed by atoms with Crippen LogP contribution < -0.4 is 9.47 Å². The molecule has 3 aliphatic carbocycles. The lowest BCUT2D eigenvalue weighted by atomic mass is 9.58. The average Bonchev–Trinajstić information content (AvgIpc) is 3.52. The Bertz CT molecular complexity index is 2110. The number of ketones is 2. The van der Waals surface area contributed by atoms with Crippen molar-refractivity contribution in [2.24, 2.45) is 11.8 Å². The van der Waals surface area contributed by atoms with Crippen molar-refractivity contribution in [1.29, 1.82) is 0 Å². The van der Waals surface area contributed by atoms with E-state index >= 15 is 9.18 Å². The van der Waals surface area contributed by atoms with Crippen molar-refractivity contribution in [3.63, 3.8) is 0 Å². The first-order valence-electron chi connectivity index (χ1n) is 18.0. The summed E-state index contributed by atoms with van der Waals surface area (Å²) < 4.78 is 41.3. The fourth-order valence-corrected chi connectivity index (χ4v) is 9.33. The Morgan fingerprint density at radius 2 is 1.58 bits per heavy atom. The monoisotopic (exact) mass is 739 g/mol. The van der Waals surface area contributed by atoms with Crippen LogP contribution in [0.1, 0.15) is 82.1 Å². The van der Waals surface area contributed by atoms with Gasteiger partial charge in [0.2, 0.25) is 11.7 Å². The molecule has 0 fully saturated rings. The molecule has 0 spiro atoms. The summed E-state index contributed by atoms with van der Waals surface area (Å²) in [6.45, 7) is 12.0. The number of rotatable bonds is 9. The summed E-state index contributed by atoms with van der Waals surface area (Å²) >= 11 is 0. The zero-order chi connectivity index (χ0) is 38.0. The second kappa shape index (κ2) is 13.3. The third kappa shape index (κ3) is 6.00. The van der Waals surface area contributed by atoms with Gasteiger partial charge in [0.05, 0.1) is 17.3 Å². The Morgan fingerprint density at radius 3 is 2.17 bits per heavy atom. The van der Waals surface area contributed by atoms with E-state index in [1.54, 1.807) is 6.92 Å². The summed E-state index contributed by atoms with van der Waals surface area (Å²) in [5.41, 5.74) is 0.167. The molecule has 0 amide bonds. The number of benzene rings is 2. The Balaban J connectivity index is 1.41. The Morgan fingerprint density at radius 1 is 0.981 bits per heavy atom. The predicted octanol–water partition coefficient (Wildman–Crippen LogP) is 8.12. The number of hydrogen-bond donors (Lipinski definition) is 1. The molecule has 4 aromatic rings. The van der Waals surface area contributed by atoms with Gasteiger partial charge in [0.25, 0.3) is 5.88 Å². The number of carbonyl (C=O) groups is 2. The van der Waals surface area contributed by atoms with E-state index in [9.17, 15) is 9.90 Å². The van der Waals surface area contributed by atoms with E-state index in [0.29, 0.717) is 5.76 Å². The molecule has 10 nitrogen and oxygen atoms in total. The molecule has 0 unspecified atom stereocenters. The summed E-state index contributed by atoms with van der Waals surface area (Å²) in [7, 11) is 0.804. The number of pyridine rings is 1. The molecule has 7 rings (SSSR count). The van der Waals surface area contributed by atoms with Crippen molar-refractivity contribution >= 4 is 19.9 Å². The predicted molar refractivity (Wildman–Crippen MR) is 198 cm³/mol. The first-order valence-corrected chi connectivity index (χ1v) is 20.9. The maximum absolute atomic E-state index is 15.8. The van der Waals surface area contributed by atoms with Crippen LogP contribution in [0.4, 0.5) is 4.39 Å². The summed E-state index contributed by atoms with van der Waals surface area (Å²) in [5.74, 6) is -3.36. The largest absolute Gasteiger partial charge is 0.508 e. The maximum Gasteiger partial charge on any atom is 0.265 e. The second-order valence-electron chi connectivity index (χ2n) is 16.1. The van der Waals surface area contributed by atoms with E-state index in [4.69, 9.17) is 18.4 Å². The number of nitrogens with zero attached hydrogens (tertiary/aromatic N) is 3. The SMILES string of the molecule is Cc1nc(F)c2c(c1OCc1ccccc1)C(=O)C1=C(O)[C@]3(O[Si](C)(C)C(C)(C)C)C(=O)c4c(OCc5ccccc5)noc4[C@@H](N(C)C)[C@@H]3C[C@@H]1C2. The van der Waals surface area contributed by atoms with Gasteiger partial charge in [-0.05, 0) is 74.2 Å². The molecule has 0 bridgehead atoms. The number of allylic oxidation sites excluding steroid dienone is 1. The molecule has 4 atom stereocenters. The van der Waals surface area contributed by atoms with Gasteiger partial charge in [-0.1, -0.05) is 81.4 Å². The van der Waals surface area contributed by atoms with Crippen LogP contribution >= 0.6 is 0 Å². The molecule has 2 aromatic heterocycles. The molecule has 3 aliphatic rings. The van der Waals surface area contributed by atoms with Gasteiger partial charge in [0, 0.05) is 17.1 Å². The van der Waals surface area contributed by atoms with Gasteiger partial charge < -0.3 is 23.5 Å². The van der Waals surface area contributed by atoms with Gasteiger partial charge in [-0.15, -0.1) is 0 Å². The molecule has 278 valence electrons. The fraction of sp³-hybridized carbons (Fsp3) is 0.415. The molecule has 12 heteroatoms. The summed E-state index contributed by atoms with van der Waals surface area (Å²) in [6, 6.07) is 18.3. The first kappa shape index (κ1) is 36.7. The number of aryl methyl sites for hydroxylation is 1. The number of halogens is 1. The van der Waals surface area contributed by atoms with E-state index in [1.165, 1.54) is 0 Å². The molecule has 1 N–H and O–H groups in total. The van der Waals surface area contributed by atoms with Crippen LogP contribution in [-0.4, -0.2) is 59.7 Å². The van der Waals surface area contributed by atoms with E-state index in [1.807, 2.05) is 114 Å². The molecular formula is C41H46FN3O7Si. The van der Waals surface area contributed by atoms with Crippen molar-refractivity contribution in [2.45, 2.75) is 83.5 Å². The third-order valence-electron chi connectivity index (χ3n) is 11.5. The smallest absolute Gasteiger partial charge is 0.265 e. The van der Waals surface area contributed by atoms with Crippen molar-refractivity contribution in [1.82, 2.24) is 15.0 Å². The van der Waals surface area contributed by atoms with Crippen LogP contribution in [0, 0.1) is 24.7 Å². The van der Waals surface area contributed by atoms with Crippen molar-refractivity contribution in [3.8, 4) is 11.6 Å². The fourth-order valence-electron chi connectivity index (χ4n) is 7.88. The topological polar surface area (TPSA) is 124 Å². The number of hydrogen-bond acceptors (Lipinski definition) is 10. The van der Waals surface area contributed by atoms with Gasteiger partial charge in [-0.25, -0.2) is 4.98 Å². The second-order valence-corrected chi connectivity index (χ2v) is 20.8. The minimum absolute atomic E-state index is 0.00891. The van der Waals surface area contributed by atoms with Gasteiger partial charge in [-0.3, -0.25) is 14.5 Å². The lowest BCUT2D eigenvalue weighted by molar-refractivity contribution is -0.0481. The maximum atomic E-state index is 15.8. The molecule has 2 heterocycles. The highest BCUT2D eigenvalue weighted by Crippen LogP contribution is 2.59. The highest BCUT2D eigenvalue weighted by molar-refractivity contribution is 6.74. The molecule has 0 radical (unpaired) electrons. The van der Waals surface area contributed by atoms with E-state index in [0.717, 1.165) is 11.1 Å². The lowest BCUT2D eigenvalue weighted by Crippen LogP contribution is -2.65. The number of fused-ring (bicyclic) bond motifs is 4. The van der Waals surface area contributed by atoms with Crippen LogP contribution in [0.25, 0.3) is 0 Å². The minimum atomic E-state index is -2.91. The first-order chi connectivity index (χ1) is 25.1. The highest BCUT2D eigenvalue weighted by atomic mass is 28.4. The van der Waals surface area contributed by atoms with Gasteiger partial charge in [-0.2, -0.15) is 4.39 Å². The lowest BCUT2D eigenvalue weighted by Gasteiger charge is -2.55. The molecule has 2 aromatic carbocycles. The summed E-state index contributed by atoms with van der Waals surface area (Å²) in [4.78, 5) is 36.4. The van der Waals surface area contributed by atoms with Gasteiger partial charge >= 0.3 is 0 Å². The number of aliphatic hydroxyl groups is 1. The summed E-state index contributed by atoms with van der Waals surface area (Å²) in [5, 5.41) is 16.7. The average molecular weight is 740 g/mol. The number of Topliss-reactive ketones (excluding diaryl/α,β-unsaturated/α-hetero) is 2. The molecule has 0 saturated carbocycles. The normalized spacial score (nSPS) is 22.6. The van der Waals surface area contributed by atoms with Gasteiger partial charge in [0.1, 0.15) is 24.5 Å². The van der Waals surface area contributed by atoms with Crippen LogP contribution in [0.5, 0.6) is 11.6 Å². The third-order valence-corrected chi connectivity index (χ3v) is 15.9. The van der Waals surface area contributed by atoms with Crippen molar-refractivity contribution in [3.05, 3.63) is 117 Å². The molecule has 53 heavy (non-hydrogen) atoms. The molecule has 0 saturated heterocycles. The van der Waals surface area contributed by atoms with E-state index in [2.05, 4.69) is 10.1 Å². The van der Waals surface area contributed by atoms with Crippen molar-refractivity contribution < 1.29 is 37.5 Å². The summed E-state index contributed by atoms with van der Waals surface area (Å²) in [6.07, 6.45) is 0.276. The standard InChI is InChI=1S/C41H46FN3O7Si/c1-23-34(49-21-24-15-11-9-12-16-24)30-27(38(42)43-23)19-26-20-28-32(45(5)6)35-31(39(44-51-35)50-22-25-17-13-10-14-18-25)37(48)41(28,36(47)29(26)33(30)46)52-53(7,8)40(2,3)4/h9-18,26,28,32,47H,19-22H2,1-8H3/t26-,28-,32-,41-/m0/s1. The van der Waals surface area contributed by atoms with E-state index in [-0.39, 0.29) is 65.6 Å². The van der Waals surface area contributed by atoms with E-state index < -0.39 is 60.1 Å². The van der Waals surface area contributed by atoms with Crippen LogP contribution in [0.3, 0.4) is 0 Å². The van der Waals surface area contributed by atoms with Crippen molar-refractivity contribution in [2.75, 3.05) is 14.1 Å².